The number of amides is 1. The molecule has 1 amide bonds. The topological polar surface area (TPSA) is 55.1 Å². The van der Waals surface area contributed by atoms with Gasteiger partial charge < -0.3 is 11.1 Å². The van der Waals surface area contributed by atoms with Crippen LogP contribution < -0.4 is 11.1 Å². The third kappa shape index (κ3) is 4.65. The molecule has 15 heavy (non-hydrogen) atoms. The van der Waals surface area contributed by atoms with Crippen LogP contribution in [-0.2, 0) is 4.79 Å². The lowest BCUT2D eigenvalue weighted by atomic mass is 9.85. The fourth-order valence-electron chi connectivity index (χ4n) is 2.09. The minimum atomic E-state index is 0.168. The molecule has 3 heteroatoms. The quantitative estimate of drug-likeness (QED) is 0.744. The molecule has 3 N–H and O–H groups in total. The van der Waals surface area contributed by atoms with Gasteiger partial charge in [-0.2, -0.15) is 0 Å². The lowest BCUT2D eigenvalue weighted by Crippen LogP contribution is -2.38. The number of carbonyl (C=O) groups is 1. The molecule has 0 aromatic rings. The van der Waals surface area contributed by atoms with Crippen molar-refractivity contribution in [1.29, 1.82) is 0 Å². The molecule has 88 valence electrons. The number of hydrogen-bond acceptors (Lipinski definition) is 2. The normalized spacial score (nSPS) is 26.7. The predicted molar refractivity (Wildman–Crippen MR) is 62.4 cm³/mol. The van der Waals surface area contributed by atoms with E-state index in [0.717, 1.165) is 38.6 Å². The Morgan fingerprint density at radius 2 is 2.20 bits per heavy atom. The first-order chi connectivity index (χ1) is 7.09. The van der Waals surface area contributed by atoms with Crippen LogP contribution in [0.2, 0.25) is 0 Å². The molecular formula is C12H24N2O. The van der Waals surface area contributed by atoms with E-state index < -0.39 is 0 Å². The zero-order valence-electron chi connectivity index (χ0n) is 9.96. The number of hydrogen-bond donors (Lipinski definition) is 2. The van der Waals surface area contributed by atoms with Crippen molar-refractivity contribution in [3.8, 4) is 0 Å². The highest BCUT2D eigenvalue weighted by molar-refractivity contribution is 5.78. The summed E-state index contributed by atoms with van der Waals surface area (Å²) in [7, 11) is 0. The van der Waals surface area contributed by atoms with Gasteiger partial charge in [0, 0.05) is 18.5 Å². The van der Waals surface area contributed by atoms with E-state index in [1.54, 1.807) is 0 Å². The molecule has 3 nitrogen and oxygen atoms in total. The zero-order valence-corrected chi connectivity index (χ0v) is 9.96. The summed E-state index contributed by atoms with van der Waals surface area (Å²) in [4.78, 5) is 11.8. The van der Waals surface area contributed by atoms with E-state index in [9.17, 15) is 4.79 Å². The van der Waals surface area contributed by atoms with Crippen molar-refractivity contribution in [2.45, 2.75) is 52.0 Å². The summed E-state index contributed by atoms with van der Waals surface area (Å²) >= 11 is 0. The minimum absolute atomic E-state index is 0.168. The van der Waals surface area contributed by atoms with Crippen LogP contribution in [0.3, 0.4) is 0 Å². The average Bonchev–Trinajstić information content (AvgIpc) is 2.17. The van der Waals surface area contributed by atoms with Crippen LogP contribution in [0.5, 0.6) is 0 Å². The lowest BCUT2D eigenvalue weighted by molar-refractivity contribution is -0.126. The third-order valence-electron chi connectivity index (χ3n) is 3.11. The molecule has 0 aromatic carbocycles. The second kappa shape index (κ2) is 6.11. The van der Waals surface area contributed by atoms with Crippen LogP contribution in [0.25, 0.3) is 0 Å². The Hall–Kier alpha value is -0.570. The second-order valence-corrected chi connectivity index (χ2v) is 5.10. The molecule has 0 spiro atoms. The molecule has 1 rings (SSSR count). The Labute approximate surface area is 92.8 Å². The molecule has 0 saturated heterocycles. The number of carbonyl (C=O) groups excluding carboxylic acids is 1. The van der Waals surface area contributed by atoms with Gasteiger partial charge >= 0.3 is 0 Å². The minimum Gasteiger partial charge on any atom is -0.356 e. The summed E-state index contributed by atoms with van der Waals surface area (Å²) in [6.45, 7) is 5.15. The lowest BCUT2D eigenvalue weighted by Gasteiger charge is -2.25. The van der Waals surface area contributed by atoms with Crippen LogP contribution in [0.1, 0.15) is 46.0 Å². The first-order valence-electron chi connectivity index (χ1n) is 6.13. The Morgan fingerprint density at radius 3 is 2.80 bits per heavy atom. The van der Waals surface area contributed by atoms with Crippen molar-refractivity contribution in [1.82, 2.24) is 5.32 Å². The van der Waals surface area contributed by atoms with Crippen molar-refractivity contribution >= 4 is 5.91 Å². The number of nitrogens with two attached hydrogens (primary N) is 1. The molecule has 0 radical (unpaired) electrons. The van der Waals surface area contributed by atoms with Crippen molar-refractivity contribution < 1.29 is 4.79 Å². The SMILES string of the molecule is CC(C)CCNC(=O)C1CCCC(N)C1. The van der Waals surface area contributed by atoms with E-state index in [1.807, 2.05) is 0 Å². The van der Waals surface area contributed by atoms with Gasteiger partial charge in [-0.05, 0) is 31.6 Å². The molecular weight excluding hydrogens is 188 g/mol. The van der Waals surface area contributed by atoms with Gasteiger partial charge in [0.2, 0.25) is 5.91 Å². The smallest absolute Gasteiger partial charge is 0.223 e. The predicted octanol–water partition coefficient (Wildman–Crippen LogP) is 1.67. The van der Waals surface area contributed by atoms with E-state index in [0.29, 0.717) is 5.92 Å². The van der Waals surface area contributed by atoms with Crippen LogP contribution in [0.15, 0.2) is 0 Å². The van der Waals surface area contributed by atoms with Gasteiger partial charge in [0.15, 0.2) is 0 Å². The van der Waals surface area contributed by atoms with E-state index in [1.165, 1.54) is 0 Å². The highest BCUT2D eigenvalue weighted by Crippen LogP contribution is 2.23. The molecule has 0 aromatic heterocycles. The molecule has 1 fully saturated rings. The maximum absolute atomic E-state index is 11.8. The Balaban J connectivity index is 2.21. The molecule has 1 aliphatic carbocycles. The van der Waals surface area contributed by atoms with Crippen LogP contribution in [-0.4, -0.2) is 18.5 Å². The molecule has 2 atom stereocenters. The summed E-state index contributed by atoms with van der Waals surface area (Å²) in [5.74, 6) is 1.03. The van der Waals surface area contributed by atoms with E-state index >= 15 is 0 Å². The zero-order chi connectivity index (χ0) is 11.3. The van der Waals surface area contributed by atoms with Crippen LogP contribution >= 0.6 is 0 Å². The monoisotopic (exact) mass is 212 g/mol. The van der Waals surface area contributed by atoms with E-state index in [2.05, 4.69) is 19.2 Å². The number of nitrogens with one attached hydrogen (secondary N) is 1. The van der Waals surface area contributed by atoms with Gasteiger partial charge in [-0.15, -0.1) is 0 Å². The number of rotatable bonds is 4. The fourth-order valence-corrected chi connectivity index (χ4v) is 2.09. The van der Waals surface area contributed by atoms with Crippen LogP contribution in [0, 0.1) is 11.8 Å². The van der Waals surface area contributed by atoms with Crippen LogP contribution in [0.4, 0.5) is 0 Å². The highest BCUT2D eigenvalue weighted by Gasteiger charge is 2.24. The van der Waals surface area contributed by atoms with Gasteiger partial charge in [-0.1, -0.05) is 20.3 Å². The summed E-state index contributed by atoms with van der Waals surface area (Å²) in [5, 5.41) is 3.01. The fraction of sp³-hybridized carbons (Fsp3) is 0.917. The largest absolute Gasteiger partial charge is 0.356 e. The molecule has 2 unspecified atom stereocenters. The summed E-state index contributed by atoms with van der Waals surface area (Å²) < 4.78 is 0. The van der Waals surface area contributed by atoms with Gasteiger partial charge in [0.25, 0.3) is 0 Å². The van der Waals surface area contributed by atoms with Crippen molar-refractivity contribution in [2.75, 3.05) is 6.54 Å². The summed E-state index contributed by atoms with van der Waals surface area (Å²) in [6, 6.07) is 0.236. The standard InChI is InChI=1S/C12H24N2O/c1-9(2)6-7-14-12(15)10-4-3-5-11(13)8-10/h9-11H,3-8,13H2,1-2H3,(H,14,15). The van der Waals surface area contributed by atoms with E-state index in [-0.39, 0.29) is 17.9 Å². The third-order valence-corrected chi connectivity index (χ3v) is 3.11. The maximum atomic E-state index is 11.8. The van der Waals surface area contributed by atoms with Gasteiger partial charge in [-0.25, -0.2) is 0 Å². The summed E-state index contributed by atoms with van der Waals surface area (Å²) in [6.07, 6.45) is 5.12. The van der Waals surface area contributed by atoms with Gasteiger partial charge in [0.1, 0.15) is 0 Å². The Kier molecular flexibility index (Phi) is 5.09. The molecule has 0 bridgehead atoms. The molecule has 1 saturated carbocycles. The van der Waals surface area contributed by atoms with Crippen molar-refractivity contribution in [3.05, 3.63) is 0 Å². The maximum Gasteiger partial charge on any atom is 0.223 e. The Morgan fingerprint density at radius 1 is 1.47 bits per heavy atom. The second-order valence-electron chi connectivity index (χ2n) is 5.10. The average molecular weight is 212 g/mol. The summed E-state index contributed by atoms with van der Waals surface area (Å²) in [5.41, 5.74) is 5.86. The van der Waals surface area contributed by atoms with Gasteiger partial charge in [0.05, 0.1) is 0 Å². The van der Waals surface area contributed by atoms with Gasteiger partial charge in [-0.3, -0.25) is 4.79 Å². The first kappa shape index (κ1) is 12.5. The van der Waals surface area contributed by atoms with E-state index in [4.69, 9.17) is 5.73 Å². The molecule has 0 heterocycles. The highest BCUT2D eigenvalue weighted by atomic mass is 16.1. The van der Waals surface area contributed by atoms with Crippen molar-refractivity contribution in [3.63, 3.8) is 0 Å². The first-order valence-corrected chi connectivity index (χ1v) is 6.13. The molecule has 0 aliphatic heterocycles. The Bertz CT molecular complexity index is 204. The van der Waals surface area contributed by atoms with Crippen molar-refractivity contribution in [2.24, 2.45) is 17.6 Å². The molecule has 1 aliphatic rings.